The monoisotopic (exact) mass is 462 g/mol. The number of thioether (sulfide) groups is 1. The Labute approximate surface area is 189 Å². The minimum atomic E-state index is -4.29. The standard InChI is InChI=1S/C23H25F3N4OS/c1-14-19(20-15(2)27-13-31-20)28-29-21(14)32-8-4-7-30-11-18-10-22(18,12-30)16-5-3-6-17(9-16)23(24,25)26/h3,5-6,9,13-14,18H,4,7-8,10-12H2,1-2H3/t14?,18-,22+/m0/s1. The largest absolute Gasteiger partial charge is 0.442 e. The maximum atomic E-state index is 13.1. The molecule has 9 heteroatoms. The lowest BCUT2D eigenvalue weighted by atomic mass is 9.93. The Hall–Kier alpha value is -2.13. The molecule has 0 radical (unpaired) electrons. The molecular formula is C23H25F3N4OS. The van der Waals surface area contributed by atoms with Crippen LogP contribution in [0.3, 0.4) is 0 Å². The van der Waals surface area contributed by atoms with Crippen molar-refractivity contribution in [2.24, 2.45) is 22.0 Å². The van der Waals surface area contributed by atoms with Crippen LogP contribution >= 0.6 is 11.8 Å². The van der Waals surface area contributed by atoms with Crippen molar-refractivity contribution >= 4 is 22.5 Å². The summed E-state index contributed by atoms with van der Waals surface area (Å²) >= 11 is 1.72. The molecule has 1 aromatic heterocycles. The number of aromatic nitrogens is 1. The van der Waals surface area contributed by atoms with Crippen molar-refractivity contribution in [3.05, 3.63) is 53.2 Å². The summed E-state index contributed by atoms with van der Waals surface area (Å²) in [5, 5.41) is 9.62. The fourth-order valence-electron chi connectivity index (χ4n) is 5.01. The van der Waals surface area contributed by atoms with Crippen molar-refractivity contribution < 1.29 is 17.6 Å². The molecule has 1 saturated heterocycles. The van der Waals surface area contributed by atoms with E-state index in [0.29, 0.717) is 11.7 Å². The van der Waals surface area contributed by atoms with Crippen molar-refractivity contribution in [3.63, 3.8) is 0 Å². The van der Waals surface area contributed by atoms with Gasteiger partial charge in [0.05, 0.1) is 17.2 Å². The summed E-state index contributed by atoms with van der Waals surface area (Å²) in [5.74, 6) is 2.20. The first-order valence-corrected chi connectivity index (χ1v) is 11.9. The predicted octanol–water partition coefficient (Wildman–Crippen LogP) is 5.15. The molecule has 1 saturated carbocycles. The summed E-state index contributed by atoms with van der Waals surface area (Å²) in [5.41, 5.74) is 1.86. The van der Waals surface area contributed by atoms with Gasteiger partial charge in [-0.25, -0.2) is 4.98 Å². The Balaban J connectivity index is 1.10. The number of alkyl halides is 3. The third-order valence-corrected chi connectivity index (χ3v) is 8.09. The van der Waals surface area contributed by atoms with Crippen LogP contribution in [-0.2, 0) is 11.6 Å². The number of oxazole rings is 1. The fourth-order valence-corrected chi connectivity index (χ4v) is 5.95. The molecule has 3 aliphatic rings. The van der Waals surface area contributed by atoms with Gasteiger partial charge < -0.3 is 9.32 Å². The maximum absolute atomic E-state index is 13.1. The number of likely N-dealkylation sites (tertiary alicyclic amines) is 1. The fraction of sp³-hybridized carbons (Fsp3) is 0.522. The SMILES string of the molecule is Cc1ncoc1C1=NN=C(SCCCN2C[C@@H]3C[C@]3(c3cccc(C(F)(F)F)c3)C2)C1C. The number of halogens is 3. The van der Waals surface area contributed by atoms with E-state index in [-0.39, 0.29) is 11.3 Å². The van der Waals surface area contributed by atoms with Crippen LogP contribution in [0, 0.1) is 18.8 Å². The van der Waals surface area contributed by atoms with E-state index in [1.165, 1.54) is 12.5 Å². The molecule has 3 heterocycles. The summed E-state index contributed by atoms with van der Waals surface area (Å²) in [6.45, 7) is 6.73. The molecule has 0 bridgehead atoms. The summed E-state index contributed by atoms with van der Waals surface area (Å²) in [6, 6.07) is 5.92. The van der Waals surface area contributed by atoms with Crippen molar-refractivity contribution in [2.75, 3.05) is 25.4 Å². The number of hydrogen-bond donors (Lipinski definition) is 0. The van der Waals surface area contributed by atoms with Crippen LogP contribution < -0.4 is 0 Å². The number of rotatable bonds is 6. The van der Waals surface area contributed by atoms with Gasteiger partial charge in [-0.15, -0.1) is 16.9 Å². The van der Waals surface area contributed by atoms with E-state index in [9.17, 15) is 13.2 Å². The van der Waals surface area contributed by atoms with E-state index < -0.39 is 11.7 Å². The molecule has 0 spiro atoms. The lowest BCUT2D eigenvalue weighted by molar-refractivity contribution is -0.137. The second-order valence-corrected chi connectivity index (χ2v) is 10.1. The molecule has 5 rings (SSSR count). The second-order valence-electron chi connectivity index (χ2n) is 8.98. The zero-order valence-corrected chi connectivity index (χ0v) is 18.8. The van der Waals surface area contributed by atoms with Crippen LogP contribution in [0.4, 0.5) is 13.2 Å². The van der Waals surface area contributed by atoms with Crippen LogP contribution in [0.15, 0.2) is 45.3 Å². The van der Waals surface area contributed by atoms with Gasteiger partial charge in [-0.05, 0) is 43.9 Å². The maximum Gasteiger partial charge on any atom is 0.416 e. The molecule has 2 fully saturated rings. The zero-order chi connectivity index (χ0) is 22.5. The van der Waals surface area contributed by atoms with Gasteiger partial charge in [-0.2, -0.15) is 18.3 Å². The first kappa shape index (κ1) is 21.7. The molecule has 1 unspecified atom stereocenters. The highest BCUT2D eigenvalue weighted by atomic mass is 32.2. The van der Waals surface area contributed by atoms with Crippen LogP contribution in [0.2, 0.25) is 0 Å². The van der Waals surface area contributed by atoms with E-state index in [1.807, 2.05) is 13.0 Å². The lowest BCUT2D eigenvalue weighted by Gasteiger charge is -2.21. The average molecular weight is 463 g/mol. The molecule has 1 aromatic carbocycles. The first-order chi connectivity index (χ1) is 15.3. The highest BCUT2D eigenvalue weighted by Crippen LogP contribution is 2.59. The number of benzene rings is 1. The number of piperidine rings is 1. The van der Waals surface area contributed by atoms with E-state index in [4.69, 9.17) is 4.42 Å². The Morgan fingerprint density at radius 2 is 2.12 bits per heavy atom. The van der Waals surface area contributed by atoms with Gasteiger partial charge in [0.2, 0.25) is 0 Å². The van der Waals surface area contributed by atoms with Crippen molar-refractivity contribution in [1.82, 2.24) is 9.88 Å². The van der Waals surface area contributed by atoms with Gasteiger partial charge >= 0.3 is 6.18 Å². The first-order valence-electron chi connectivity index (χ1n) is 10.9. The number of aryl methyl sites for hydroxylation is 1. The number of fused-ring (bicyclic) bond motifs is 1. The van der Waals surface area contributed by atoms with Crippen LogP contribution in [0.25, 0.3) is 0 Å². The minimum absolute atomic E-state index is 0.0872. The lowest BCUT2D eigenvalue weighted by Crippen LogP contribution is -2.28. The number of nitrogens with zero attached hydrogens (tertiary/aromatic N) is 4. The van der Waals surface area contributed by atoms with Crippen LogP contribution in [-0.4, -0.2) is 46.0 Å². The van der Waals surface area contributed by atoms with Crippen molar-refractivity contribution in [1.29, 1.82) is 0 Å². The van der Waals surface area contributed by atoms with Gasteiger partial charge in [-0.3, -0.25) is 0 Å². The highest BCUT2D eigenvalue weighted by molar-refractivity contribution is 8.14. The molecule has 2 aromatic rings. The Bertz CT molecular complexity index is 1080. The van der Waals surface area contributed by atoms with Gasteiger partial charge in [0, 0.05) is 24.3 Å². The average Bonchev–Trinajstić information content (AvgIpc) is 3.05. The summed E-state index contributed by atoms with van der Waals surface area (Å²) < 4.78 is 44.8. The zero-order valence-electron chi connectivity index (χ0n) is 18.0. The van der Waals surface area contributed by atoms with E-state index in [2.05, 4.69) is 27.0 Å². The quantitative estimate of drug-likeness (QED) is 0.557. The summed E-state index contributed by atoms with van der Waals surface area (Å²) in [6.07, 6.45) is -0.867. The molecular weight excluding hydrogens is 437 g/mol. The van der Waals surface area contributed by atoms with Gasteiger partial charge in [0.15, 0.2) is 12.2 Å². The second kappa shape index (κ2) is 8.02. The van der Waals surface area contributed by atoms with Gasteiger partial charge in [0.1, 0.15) is 10.8 Å². The smallest absolute Gasteiger partial charge is 0.416 e. The third kappa shape index (κ3) is 3.90. The molecule has 0 N–H and O–H groups in total. The molecule has 32 heavy (non-hydrogen) atoms. The van der Waals surface area contributed by atoms with Crippen LogP contribution in [0.1, 0.15) is 42.3 Å². The van der Waals surface area contributed by atoms with Crippen molar-refractivity contribution in [2.45, 2.75) is 38.3 Å². The third-order valence-electron chi connectivity index (χ3n) is 6.86. The normalized spacial score (nSPS) is 27.4. The Morgan fingerprint density at radius 1 is 1.28 bits per heavy atom. The topological polar surface area (TPSA) is 54.0 Å². The van der Waals surface area contributed by atoms with Crippen LogP contribution in [0.5, 0.6) is 0 Å². The van der Waals surface area contributed by atoms with E-state index in [1.54, 1.807) is 17.8 Å². The number of hydrogen-bond acceptors (Lipinski definition) is 6. The summed E-state index contributed by atoms with van der Waals surface area (Å²) in [4.78, 5) is 6.53. The Kier molecular flexibility index (Phi) is 5.44. The van der Waals surface area contributed by atoms with E-state index >= 15 is 0 Å². The molecule has 5 nitrogen and oxygen atoms in total. The molecule has 1 aliphatic carbocycles. The summed E-state index contributed by atoms with van der Waals surface area (Å²) in [7, 11) is 0. The van der Waals surface area contributed by atoms with Gasteiger partial charge in [-0.1, -0.05) is 25.1 Å². The van der Waals surface area contributed by atoms with Gasteiger partial charge in [0.25, 0.3) is 0 Å². The molecule has 3 atom stereocenters. The molecule has 2 aliphatic heterocycles. The van der Waals surface area contributed by atoms with Crippen molar-refractivity contribution in [3.8, 4) is 0 Å². The van der Waals surface area contributed by atoms with E-state index in [0.717, 1.165) is 66.3 Å². The molecule has 0 amide bonds. The predicted molar refractivity (Wildman–Crippen MR) is 119 cm³/mol. The molecule has 170 valence electrons. The minimum Gasteiger partial charge on any atom is -0.442 e. The Morgan fingerprint density at radius 3 is 2.88 bits per heavy atom. The highest BCUT2D eigenvalue weighted by Gasteiger charge is 2.60.